The molecule has 8 heteroatoms. The molecule has 6 nitrogen and oxygen atoms in total. The van der Waals surface area contributed by atoms with Crippen molar-refractivity contribution in [3.05, 3.63) is 22.2 Å². The van der Waals surface area contributed by atoms with Gasteiger partial charge in [0.15, 0.2) is 0 Å². The molecule has 0 aromatic heterocycles. The highest BCUT2D eigenvalue weighted by Crippen LogP contribution is 2.45. The first-order valence-corrected chi connectivity index (χ1v) is 9.19. The number of methoxy groups -OCH3 is 3. The van der Waals surface area contributed by atoms with E-state index in [1.54, 1.807) is 14.2 Å². The van der Waals surface area contributed by atoms with Gasteiger partial charge in [0.1, 0.15) is 11.5 Å². The number of rotatable bonds is 6. The van der Waals surface area contributed by atoms with Crippen molar-refractivity contribution in [2.75, 3.05) is 21.3 Å². The molecular weight excluding hydrogens is 403 g/mol. The summed E-state index contributed by atoms with van der Waals surface area (Å²) in [4.78, 5) is 12.1. The summed E-state index contributed by atoms with van der Waals surface area (Å²) < 4.78 is 29.0. The number of carbonyl (C=O) groups is 1. The van der Waals surface area contributed by atoms with E-state index in [2.05, 4.69) is 15.9 Å². The van der Waals surface area contributed by atoms with Crippen LogP contribution in [0.2, 0.25) is 0 Å². The van der Waals surface area contributed by atoms with E-state index < -0.39 is 24.1 Å². The van der Waals surface area contributed by atoms with Crippen LogP contribution in [0.1, 0.15) is 45.5 Å². The van der Waals surface area contributed by atoms with Gasteiger partial charge >= 0.3 is 13.1 Å². The van der Waals surface area contributed by atoms with Crippen LogP contribution >= 0.6 is 15.9 Å². The van der Waals surface area contributed by atoms with E-state index in [0.717, 1.165) is 10.0 Å². The largest absolute Gasteiger partial charge is 0.496 e. The van der Waals surface area contributed by atoms with Crippen molar-refractivity contribution in [1.29, 1.82) is 0 Å². The van der Waals surface area contributed by atoms with Gasteiger partial charge in [-0.15, -0.1) is 0 Å². The Labute approximate surface area is 163 Å². The van der Waals surface area contributed by atoms with Gasteiger partial charge in [-0.25, -0.2) is 0 Å². The molecule has 26 heavy (non-hydrogen) atoms. The summed E-state index contributed by atoms with van der Waals surface area (Å²) in [7, 11) is 3.90. The zero-order chi connectivity index (χ0) is 19.7. The summed E-state index contributed by atoms with van der Waals surface area (Å²) in [6, 6.07) is 3.64. The Kier molecular flexibility index (Phi) is 6.30. The average molecular weight is 429 g/mol. The van der Waals surface area contributed by atoms with Crippen molar-refractivity contribution in [3.63, 3.8) is 0 Å². The molecule has 0 N–H and O–H groups in total. The lowest BCUT2D eigenvalue weighted by atomic mass is 9.66. The van der Waals surface area contributed by atoms with Crippen molar-refractivity contribution in [2.24, 2.45) is 0 Å². The summed E-state index contributed by atoms with van der Waals surface area (Å²) in [6.07, 6.45) is 0.0917. The van der Waals surface area contributed by atoms with Crippen LogP contribution in [-0.4, -0.2) is 45.6 Å². The van der Waals surface area contributed by atoms with Gasteiger partial charge in [0.05, 0.1) is 43.4 Å². The fourth-order valence-corrected chi connectivity index (χ4v) is 3.33. The lowest BCUT2D eigenvalue weighted by molar-refractivity contribution is -0.140. The van der Waals surface area contributed by atoms with E-state index in [9.17, 15) is 4.79 Å². The molecule has 0 bridgehead atoms. The molecule has 0 saturated carbocycles. The zero-order valence-corrected chi connectivity index (χ0v) is 17.9. The Morgan fingerprint density at radius 3 is 2.08 bits per heavy atom. The molecule has 1 atom stereocenters. The Balaban J connectivity index is 2.51. The van der Waals surface area contributed by atoms with Gasteiger partial charge in [-0.05, 0) is 61.3 Å². The number of hydrogen-bond acceptors (Lipinski definition) is 6. The molecule has 0 spiro atoms. The minimum Gasteiger partial charge on any atom is -0.496 e. The normalized spacial score (nSPS) is 19.2. The number of esters is 1. The predicted octanol–water partition coefficient (Wildman–Crippen LogP) is 3.74. The highest BCUT2D eigenvalue weighted by molar-refractivity contribution is 9.10. The van der Waals surface area contributed by atoms with Crippen LogP contribution < -0.4 is 9.47 Å². The van der Waals surface area contributed by atoms with Crippen LogP contribution in [-0.2, 0) is 18.8 Å². The van der Waals surface area contributed by atoms with Crippen LogP contribution in [0.5, 0.6) is 11.5 Å². The first kappa shape index (κ1) is 21.1. The van der Waals surface area contributed by atoms with E-state index in [0.29, 0.717) is 11.5 Å². The Hall–Kier alpha value is -1.25. The first-order valence-electron chi connectivity index (χ1n) is 8.40. The zero-order valence-electron chi connectivity index (χ0n) is 16.3. The van der Waals surface area contributed by atoms with Crippen molar-refractivity contribution in [3.8, 4) is 11.5 Å². The Bertz CT molecular complexity index is 660. The molecule has 1 unspecified atom stereocenters. The minimum atomic E-state index is -0.626. The number of carbonyl (C=O) groups excluding carboxylic acids is 1. The second kappa shape index (κ2) is 7.78. The van der Waals surface area contributed by atoms with Crippen molar-refractivity contribution >= 4 is 29.0 Å². The van der Waals surface area contributed by atoms with Gasteiger partial charge in [-0.2, -0.15) is 0 Å². The molecule has 144 valence electrons. The van der Waals surface area contributed by atoms with E-state index >= 15 is 0 Å². The topological polar surface area (TPSA) is 63.2 Å². The van der Waals surface area contributed by atoms with E-state index in [-0.39, 0.29) is 12.4 Å². The average Bonchev–Trinajstić information content (AvgIpc) is 2.79. The number of benzene rings is 1. The fraction of sp³-hybridized carbons (Fsp3) is 0.611. The van der Waals surface area contributed by atoms with E-state index in [1.807, 2.05) is 39.8 Å². The summed E-state index contributed by atoms with van der Waals surface area (Å²) in [6.45, 7) is 7.90. The molecule has 0 amide bonds. The third kappa shape index (κ3) is 4.02. The van der Waals surface area contributed by atoms with Gasteiger partial charge in [-0.3, -0.25) is 4.79 Å². The van der Waals surface area contributed by atoms with Crippen LogP contribution in [0.15, 0.2) is 16.6 Å². The van der Waals surface area contributed by atoms with E-state index in [4.69, 9.17) is 23.5 Å². The van der Waals surface area contributed by atoms with Gasteiger partial charge in [0.25, 0.3) is 0 Å². The van der Waals surface area contributed by atoms with Crippen molar-refractivity contribution in [1.82, 2.24) is 0 Å². The Morgan fingerprint density at radius 1 is 1.08 bits per heavy atom. The molecular formula is C18H26BBrO6. The monoisotopic (exact) mass is 428 g/mol. The molecule has 1 aliphatic heterocycles. The van der Waals surface area contributed by atoms with Crippen LogP contribution in [0.4, 0.5) is 0 Å². The molecule has 1 aromatic rings. The molecule has 1 fully saturated rings. The SMILES string of the molecule is COC(=O)CC(B1OC(C)(C)C(C)(C)O1)c1cc(OC)c(Br)cc1OC. The first-order chi connectivity index (χ1) is 12.1. The summed E-state index contributed by atoms with van der Waals surface area (Å²) in [5, 5.41) is 0. The van der Waals surface area contributed by atoms with Gasteiger partial charge < -0.3 is 23.5 Å². The van der Waals surface area contributed by atoms with Crippen LogP contribution in [0.3, 0.4) is 0 Å². The lowest BCUT2D eigenvalue weighted by Gasteiger charge is -2.32. The maximum atomic E-state index is 12.1. The molecule has 1 aromatic carbocycles. The summed E-state index contributed by atoms with van der Waals surface area (Å²) >= 11 is 3.46. The third-order valence-electron chi connectivity index (χ3n) is 5.12. The van der Waals surface area contributed by atoms with Crippen LogP contribution in [0, 0.1) is 0 Å². The molecule has 1 aliphatic rings. The smallest absolute Gasteiger partial charge is 0.466 e. The van der Waals surface area contributed by atoms with E-state index in [1.165, 1.54) is 7.11 Å². The van der Waals surface area contributed by atoms with Gasteiger partial charge in [-0.1, -0.05) is 0 Å². The number of halogens is 1. The molecule has 0 radical (unpaired) electrons. The van der Waals surface area contributed by atoms with Crippen molar-refractivity contribution in [2.45, 2.75) is 51.1 Å². The lowest BCUT2D eigenvalue weighted by Crippen LogP contribution is -2.41. The van der Waals surface area contributed by atoms with Crippen molar-refractivity contribution < 1.29 is 28.3 Å². The third-order valence-corrected chi connectivity index (χ3v) is 5.74. The van der Waals surface area contributed by atoms with Gasteiger partial charge in [0.2, 0.25) is 0 Å². The second-order valence-electron chi connectivity index (χ2n) is 7.24. The maximum absolute atomic E-state index is 12.1. The molecule has 0 aliphatic carbocycles. The van der Waals surface area contributed by atoms with Gasteiger partial charge in [0, 0.05) is 5.82 Å². The second-order valence-corrected chi connectivity index (χ2v) is 8.09. The highest BCUT2D eigenvalue weighted by Gasteiger charge is 2.54. The molecule has 1 saturated heterocycles. The quantitative estimate of drug-likeness (QED) is 0.507. The summed E-state index contributed by atoms with van der Waals surface area (Å²) in [5.41, 5.74) is -0.270. The highest BCUT2D eigenvalue weighted by atomic mass is 79.9. The predicted molar refractivity (Wildman–Crippen MR) is 103 cm³/mol. The number of hydrogen-bond donors (Lipinski definition) is 0. The number of ether oxygens (including phenoxy) is 3. The maximum Gasteiger partial charge on any atom is 0.466 e. The van der Waals surface area contributed by atoms with Crippen LogP contribution in [0.25, 0.3) is 0 Å². The summed E-state index contributed by atoms with van der Waals surface area (Å²) in [5.74, 6) is 0.475. The Morgan fingerprint density at radius 2 is 1.62 bits per heavy atom. The fourth-order valence-electron chi connectivity index (χ4n) is 2.84. The molecule has 1 heterocycles. The minimum absolute atomic E-state index is 0.0917. The standard InChI is InChI=1S/C18H26BBrO6/c1-17(2)18(3,4)26-19(25-17)12(9-16(21)24-7)11-8-15(23-6)13(20)10-14(11)22-5/h8,10,12H,9H2,1-7H3. The molecule has 2 rings (SSSR count).